The number of amides is 1. The molecule has 2 aromatic carbocycles. The molecule has 5 nitrogen and oxygen atoms in total. The number of nitrogens with zero attached hydrogens (tertiary/aromatic N) is 4. The first kappa shape index (κ1) is 17.7. The SMILES string of the molecule is CC1CN(c2nnc(Cl)c3cc(F)ccc23)CCN1C(=O)c1ccccc1. The van der Waals surface area contributed by atoms with Gasteiger partial charge in [0, 0.05) is 42.0 Å². The molecule has 0 spiro atoms. The molecule has 138 valence electrons. The molecular formula is C20H18ClFN4O. The standard InChI is InChI=1S/C20H18ClFN4O/c1-13-12-25(9-10-26(13)20(27)14-5-3-2-4-6-14)19-16-8-7-15(22)11-17(16)18(21)23-24-19/h2-8,11,13H,9-10,12H2,1H3. The minimum atomic E-state index is -0.366. The third kappa shape index (κ3) is 3.32. The van der Waals surface area contributed by atoms with E-state index in [0.29, 0.717) is 36.4 Å². The smallest absolute Gasteiger partial charge is 0.254 e. The number of anilines is 1. The lowest BCUT2D eigenvalue weighted by Gasteiger charge is -2.40. The van der Waals surface area contributed by atoms with Gasteiger partial charge in [0.2, 0.25) is 0 Å². The molecule has 3 aromatic rings. The number of aromatic nitrogens is 2. The Kier molecular flexibility index (Phi) is 4.66. The molecule has 1 aromatic heterocycles. The molecular weight excluding hydrogens is 367 g/mol. The van der Waals surface area contributed by atoms with Gasteiger partial charge in [-0.1, -0.05) is 29.8 Å². The normalized spacial score (nSPS) is 17.4. The molecule has 0 N–H and O–H groups in total. The van der Waals surface area contributed by atoms with Crippen molar-refractivity contribution in [2.75, 3.05) is 24.5 Å². The molecule has 0 saturated carbocycles. The quantitative estimate of drug-likeness (QED) is 0.674. The largest absolute Gasteiger partial charge is 0.351 e. The summed E-state index contributed by atoms with van der Waals surface area (Å²) in [6.07, 6.45) is 0. The van der Waals surface area contributed by atoms with Gasteiger partial charge in [-0.2, -0.15) is 0 Å². The van der Waals surface area contributed by atoms with E-state index < -0.39 is 0 Å². The Balaban J connectivity index is 1.59. The molecule has 0 aliphatic carbocycles. The summed E-state index contributed by atoms with van der Waals surface area (Å²) in [6, 6.07) is 13.7. The first-order valence-electron chi connectivity index (χ1n) is 8.77. The van der Waals surface area contributed by atoms with Crippen LogP contribution in [-0.4, -0.2) is 46.7 Å². The van der Waals surface area contributed by atoms with Gasteiger partial charge in [-0.05, 0) is 37.3 Å². The number of fused-ring (bicyclic) bond motifs is 1. The van der Waals surface area contributed by atoms with Gasteiger partial charge in [-0.15, -0.1) is 10.2 Å². The number of rotatable bonds is 2. The summed E-state index contributed by atoms with van der Waals surface area (Å²) in [7, 11) is 0. The molecule has 1 atom stereocenters. The van der Waals surface area contributed by atoms with Crippen LogP contribution in [0, 0.1) is 5.82 Å². The molecule has 1 saturated heterocycles. The summed E-state index contributed by atoms with van der Waals surface area (Å²) in [4.78, 5) is 16.7. The molecule has 2 heterocycles. The van der Waals surface area contributed by atoms with Crippen molar-refractivity contribution >= 4 is 34.1 Å². The molecule has 27 heavy (non-hydrogen) atoms. The minimum Gasteiger partial charge on any atom is -0.351 e. The Morgan fingerprint density at radius 2 is 1.89 bits per heavy atom. The molecule has 7 heteroatoms. The van der Waals surface area contributed by atoms with Crippen LogP contribution in [0.5, 0.6) is 0 Å². The van der Waals surface area contributed by atoms with Crippen LogP contribution >= 0.6 is 11.6 Å². The van der Waals surface area contributed by atoms with E-state index in [1.807, 2.05) is 42.2 Å². The number of hydrogen-bond acceptors (Lipinski definition) is 4. The Morgan fingerprint density at radius 3 is 2.63 bits per heavy atom. The van der Waals surface area contributed by atoms with E-state index in [1.54, 1.807) is 6.07 Å². The minimum absolute atomic E-state index is 0.000525. The highest BCUT2D eigenvalue weighted by atomic mass is 35.5. The van der Waals surface area contributed by atoms with Crippen LogP contribution in [0.3, 0.4) is 0 Å². The van der Waals surface area contributed by atoms with Gasteiger partial charge in [0.15, 0.2) is 11.0 Å². The topological polar surface area (TPSA) is 49.3 Å². The number of piperazine rings is 1. The van der Waals surface area contributed by atoms with Crippen molar-refractivity contribution in [3.63, 3.8) is 0 Å². The number of carbonyl (C=O) groups excluding carboxylic acids is 1. The average Bonchev–Trinajstić information content (AvgIpc) is 2.69. The second-order valence-electron chi connectivity index (χ2n) is 6.66. The van der Waals surface area contributed by atoms with Crippen LogP contribution in [0.4, 0.5) is 10.2 Å². The third-order valence-corrected chi connectivity index (χ3v) is 5.17. The fraction of sp³-hybridized carbons (Fsp3) is 0.250. The van der Waals surface area contributed by atoms with Crippen molar-refractivity contribution in [3.8, 4) is 0 Å². The van der Waals surface area contributed by atoms with Gasteiger partial charge in [-0.25, -0.2) is 4.39 Å². The van der Waals surface area contributed by atoms with Crippen LogP contribution in [-0.2, 0) is 0 Å². The maximum Gasteiger partial charge on any atom is 0.254 e. The van der Waals surface area contributed by atoms with Crippen molar-refractivity contribution in [2.24, 2.45) is 0 Å². The molecule has 1 unspecified atom stereocenters. The Bertz CT molecular complexity index is 998. The van der Waals surface area contributed by atoms with Crippen molar-refractivity contribution in [3.05, 3.63) is 65.1 Å². The number of carbonyl (C=O) groups is 1. The van der Waals surface area contributed by atoms with Gasteiger partial charge in [0.1, 0.15) is 5.82 Å². The fourth-order valence-corrected chi connectivity index (χ4v) is 3.71. The molecule has 4 rings (SSSR count). The predicted molar refractivity (Wildman–Crippen MR) is 104 cm³/mol. The molecule has 1 amide bonds. The first-order chi connectivity index (χ1) is 13.0. The van der Waals surface area contributed by atoms with Crippen LogP contribution in [0.25, 0.3) is 10.8 Å². The van der Waals surface area contributed by atoms with E-state index in [2.05, 4.69) is 15.1 Å². The molecule has 1 aliphatic rings. The van der Waals surface area contributed by atoms with Gasteiger partial charge in [0.25, 0.3) is 5.91 Å². The first-order valence-corrected chi connectivity index (χ1v) is 9.15. The second kappa shape index (κ2) is 7.12. The van der Waals surface area contributed by atoms with E-state index in [0.717, 1.165) is 5.39 Å². The summed E-state index contributed by atoms with van der Waals surface area (Å²) in [5.41, 5.74) is 0.685. The van der Waals surface area contributed by atoms with E-state index in [-0.39, 0.29) is 22.9 Å². The maximum absolute atomic E-state index is 13.6. The van der Waals surface area contributed by atoms with Gasteiger partial charge in [-0.3, -0.25) is 4.79 Å². The van der Waals surface area contributed by atoms with E-state index in [9.17, 15) is 9.18 Å². The number of halogens is 2. The van der Waals surface area contributed by atoms with Crippen LogP contribution in [0.15, 0.2) is 48.5 Å². The summed E-state index contributed by atoms with van der Waals surface area (Å²) >= 11 is 6.09. The molecule has 0 radical (unpaired) electrons. The van der Waals surface area contributed by atoms with Gasteiger partial charge < -0.3 is 9.80 Å². The van der Waals surface area contributed by atoms with Gasteiger partial charge >= 0.3 is 0 Å². The second-order valence-corrected chi connectivity index (χ2v) is 7.02. The number of hydrogen-bond donors (Lipinski definition) is 0. The van der Waals surface area contributed by atoms with Crippen molar-refractivity contribution in [2.45, 2.75) is 13.0 Å². The van der Waals surface area contributed by atoms with Crippen molar-refractivity contribution in [1.82, 2.24) is 15.1 Å². The maximum atomic E-state index is 13.6. The average molecular weight is 385 g/mol. The lowest BCUT2D eigenvalue weighted by Crippen LogP contribution is -2.54. The highest BCUT2D eigenvalue weighted by Crippen LogP contribution is 2.30. The summed E-state index contributed by atoms with van der Waals surface area (Å²) in [5.74, 6) is 0.319. The fourth-order valence-electron chi connectivity index (χ4n) is 3.51. The Labute approximate surface area is 161 Å². The molecule has 0 bridgehead atoms. The number of benzene rings is 2. The molecule has 1 fully saturated rings. The molecule has 1 aliphatic heterocycles. The van der Waals surface area contributed by atoms with Crippen LogP contribution in [0.1, 0.15) is 17.3 Å². The van der Waals surface area contributed by atoms with Crippen LogP contribution in [0.2, 0.25) is 5.15 Å². The predicted octanol–water partition coefficient (Wildman–Crippen LogP) is 3.77. The van der Waals surface area contributed by atoms with Gasteiger partial charge in [0.05, 0.1) is 0 Å². The van der Waals surface area contributed by atoms with Crippen molar-refractivity contribution in [1.29, 1.82) is 0 Å². The summed E-state index contributed by atoms with van der Waals surface area (Å²) in [5, 5.41) is 9.69. The van der Waals surface area contributed by atoms with E-state index in [4.69, 9.17) is 11.6 Å². The highest BCUT2D eigenvalue weighted by Gasteiger charge is 2.29. The lowest BCUT2D eigenvalue weighted by molar-refractivity contribution is 0.0674. The zero-order valence-corrected chi connectivity index (χ0v) is 15.5. The zero-order chi connectivity index (χ0) is 19.0. The third-order valence-electron chi connectivity index (χ3n) is 4.89. The monoisotopic (exact) mass is 384 g/mol. The van der Waals surface area contributed by atoms with E-state index >= 15 is 0 Å². The zero-order valence-electron chi connectivity index (χ0n) is 14.8. The Morgan fingerprint density at radius 1 is 1.11 bits per heavy atom. The summed E-state index contributed by atoms with van der Waals surface area (Å²) < 4.78 is 13.6. The highest BCUT2D eigenvalue weighted by molar-refractivity contribution is 6.34. The van der Waals surface area contributed by atoms with E-state index in [1.165, 1.54) is 12.1 Å². The Hall–Kier alpha value is -2.73. The van der Waals surface area contributed by atoms with Crippen LogP contribution < -0.4 is 4.90 Å². The lowest BCUT2D eigenvalue weighted by atomic mass is 10.1. The summed E-state index contributed by atoms with van der Waals surface area (Å²) in [6.45, 7) is 3.81. The van der Waals surface area contributed by atoms with Crippen molar-refractivity contribution < 1.29 is 9.18 Å².